The number of hydrogen-bond donors (Lipinski definition) is 0. The highest BCUT2D eigenvalue weighted by atomic mass is 16.1. The second-order valence-corrected chi connectivity index (χ2v) is 6.01. The molecule has 2 rings (SSSR count). The second-order valence-electron chi connectivity index (χ2n) is 6.01. The standard InChI is InChI=1S/C18H28N2O/c1-3-19(4-2)14-15-20-12-10-18(16-21,11-13-20)17-8-6-5-7-9-17/h5-9,16H,3-4,10-15H2,1-2H3. The van der Waals surface area contributed by atoms with E-state index in [1.165, 1.54) is 11.8 Å². The van der Waals surface area contributed by atoms with Crippen molar-refractivity contribution in [3.8, 4) is 0 Å². The molecule has 0 spiro atoms. The molecule has 21 heavy (non-hydrogen) atoms. The summed E-state index contributed by atoms with van der Waals surface area (Å²) in [5.74, 6) is 0. The molecular weight excluding hydrogens is 260 g/mol. The summed E-state index contributed by atoms with van der Waals surface area (Å²) in [4.78, 5) is 16.7. The van der Waals surface area contributed by atoms with E-state index in [-0.39, 0.29) is 5.41 Å². The fourth-order valence-electron chi connectivity index (χ4n) is 3.24. The maximum Gasteiger partial charge on any atom is 0.130 e. The van der Waals surface area contributed by atoms with Gasteiger partial charge < -0.3 is 14.6 Å². The third-order valence-electron chi connectivity index (χ3n) is 4.95. The average Bonchev–Trinajstić information content (AvgIpc) is 2.57. The first kappa shape index (κ1) is 16.2. The quantitative estimate of drug-likeness (QED) is 0.721. The lowest BCUT2D eigenvalue weighted by atomic mass is 9.74. The Bertz CT molecular complexity index is 420. The van der Waals surface area contributed by atoms with Crippen LogP contribution in [-0.2, 0) is 10.2 Å². The summed E-state index contributed by atoms with van der Waals surface area (Å²) in [6.07, 6.45) is 3.07. The van der Waals surface area contributed by atoms with Gasteiger partial charge in [0.2, 0.25) is 0 Å². The highest BCUT2D eigenvalue weighted by molar-refractivity contribution is 5.68. The van der Waals surface area contributed by atoms with Crippen molar-refractivity contribution in [3.05, 3.63) is 35.9 Å². The summed E-state index contributed by atoms with van der Waals surface area (Å²) in [7, 11) is 0. The first-order chi connectivity index (χ1) is 10.2. The fourth-order valence-corrected chi connectivity index (χ4v) is 3.24. The van der Waals surface area contributed by atoms with Crippen molar-refractivity contribution in [2.75, 3.05) is 39.3 Å². The van der Waals surface area contributed by atoms with Gasteiger partial charge in [0.05, 0.1) is 5.41 Å². The number of likely N-dealkylation sites (N-methyl/N-ethyl adjacent to an activating group) is 1. The summed E-state index contributed by atoms with van der Waals surface area (Å²) in [5.41, 5.74) is 0.927. The van der Waals surface area contributed by atoms with Gasteiger partial charge in [-0.2, -0.15) is 0 Å². The lowest BCUT2D eigenvalue weighted by molar-refractivity contribution is -0.114. The molecule has 0 atom stereocenters. The molecule has 3 nitrogen and oxygen atoms in total. The zero-order valence-electron chi connectivity index (χ0n) is 13.4. The number of hydrogen-bond acceptors (Lipinski definition) is 3. The van der Waals surface area contributed by atoms with E-state index in [4.69, 9.17) is 0 Å². The predicted octanol–water partition coefficient (Wildman–Crippen LogP) is 2.56. The van der Waals surface area contributed by atoms with Gasteiger partial charge in [0.15, 0.2) is 0 Å². The van der Waals surface area contributed by atoms with Crippen LogP contribution in [0, 0.1) is 0 Å². The second kappa shape index (κ2) is 7.71. The zero-order chi connectivity index (χ0) is 15.1. The molecule has 116 valence electrons. The van der Waals surface area contributed by atoms with Crippen molar-refractivity contribution in [1.29, 1.82) is 0 Å². The van der Waals surface area contributed by atoms with Crippen molar-refractivity contribution in [2.45, 2.75) is 32.1 Å². The van der Waals surface area contributed by atoms with Crippen LogP contribution >= 0.6 is 0 Å². The lowest BCUT2D eigenvalue weighted by Gasteiger charge is -2.39. The molecule has 0 amide bonds. The predicted molar refractivity (Wildman–Crippen MR) is 87.6 cm³/mol. The Morgan fingerprint density at radius 3 is 2.29 bits per heavy atom. The Hall–Kier alpha value is -1.19. The van der Waals surface area contributed by atoms with E-state index >= 15 is 0 Å². The van der Waals surface area contributed by atoms with Gasteiger partial charge in [-0.25, -0.2) is 0 Å². The van der Waals surface area contributed by atoms with Crippen LogP contribution in [-0.4, -0.2) is 55.4 Å². The number of rotatable bonds is 7. The Labute approximate surface area is 128 Å². The molecule has 1 aromatic rings. The smallest absolute Gasteiger partial charge is 0.130 e. The van der Waals surface area contributed by atoms with Crippen LogP contribution in [0.15, 0.2) is 30.3 Å². The van der Waals surface area contributed by atoms with Gasteiger partial charge in [0.1, 0.15) is 6.29 Å². The van der Waals surface area contributed by atoms with E-state index in [1.807, 2.05) is 18.2 Å². The minimum Gasteiger partial charge on any atom is -0.303 e. The Morgan fingerprint density at radius 2 is 1.76 bits per heavy atom. The van der Waals surface area contributed by atoms with E-state index in [0.717, 1.165) is 52.1 Å². The summed E-state index contributed by atoms with van der Waals surface area (Å²) in [6.45, 7) is 11.0. The van der Waals surface area contributed by atoms with E-state index in [1.54, 1.807) is 0 Å². The fraction of sp³-hybridized carbons (Fsp3) is 0.611. The molecule has 1 aromatic carbocycles. The van der Waals surface area contributed by atoms with Gasteiger partial charge >= 0.3 is 0 Å². The zero-order valence-corrected chi connectivity index (χ0v) is 13.4. The third-order valence-corrected chi connectivity index (χ3v) is 4.95. The molecule has 0 aromatic heterocycles. The molecule has 1 fully saturated rings. The molecule has 0 bridgehead atoms. The highest BCUT2D eigenvalue weighted by Crippen LogP contribution is 2.33. The Balaban J connectivity index is 1.91. The maximum absolute atomic E-state index is 11.7. The molecule has 1 aliphatic heterocycles. The van der Waals surface area contributed by atoms with Crippen molar-refractivity contribution in [2.24, 2.45) is 0 Å². The summed E-state index contributed by atoms with van der Waals surface area (Å²) in [5, 5.41) is 0. The molecule has 0 radical (unpaired) electrons. The molecule has 1 saturated heterocycles. The number of piperidine rings is 1. The number of likely N-dealkylation sites (tertiary alicyclic amines) is 1. The third kappa shape index (κ3) is 3.92. The van der Waals surface area contributed by atoms with Gasteiger partial charge in [-0.3, -0.25) is 0 Å². The minimum atomic E-state index is -0.257. The van der Waals surface area contributed by atoms with Crippen LogP contribution in [0.2, 0.25) is 0 Å². The van der Waals surface area contributed by atoms with Gasteiger partial charge in [-0.05, 0) is 44.6 Å². The van der Waals surface area contributed by atoms with Gasteiger partial charge in [0, 0.05) is 13.1 Å². The molecular formula is C18H28N2O. The van der Waals surface area contributed by atoms with Crippen LogP contribution in [0.3, 0.4) is 0 Å². The number of benzene rings is 1. The SMILES string of the molecule is CCN(CC)CCN1CCC(C=O)(c2ccccc2)CC1. The first-order valence-electron chi connectivity index (χ1n) is 8.20. The normalized spacial score (nSPS) is 18.8. The molecule has 3 heteroatoms. The van der Waals surface area contributed by atoms with E-state index in [9.17, 15) is 4.79 Å². The molecule has 1 aliphatic rings. The summed E-state index contributed by atoms with van der Waals surface area (Å²) in [6, 6.07) is 10.3. The first-order valence-corrected chi connectivity index (χ1v) is 8.20. The van der Waals surface area contributed by atoms with Crippen molar-refractivity contribution in [1.82, 2.24) is 9.80 Å². The van der Waals surface area contributed by atoms with Crippen LogP contribution in [0.4, 0.5) is 0 Å². The van der Waals surface area contributed by atoms with Crippen LogP contribution < -0.4 is 0 Å². The number of carbonyl (C=O) groups excluding carboxylic acids is 1. The lowest BCUT2D eigenvalue weighted by Crippen LogP contribution is -2.46. The number of carbonyl (C=O) groups is 1. The van der Waals surface area contributed by atoms with E-state index in [2.05, 4.69) is 35.8 Å². The summed E-state index contributed by atoms with van der Waals surface area (Å²) < 4.78 is 0. The molecule has 0 N–H and O–H groups in total. The maximum atomic E-state index is 11.7. The molecule has 0 aliphatic carbocycles. The highest BCUT2D eigenvalue weighted by Gasteiger charge is 2.35. The monoisotopic (exact) mass is 288 g/mol. The average molecular weight is 288 g/mol. The van der Waals surface area contributed by atoms with Gasteiger partial charge in [-0.1, -0.05) is 44.2 Å². The number of nitrogens with zero attached hydrogens (tertiary/aromatic N) is 2. The van der Waals surface area contributed by atoms with Crippen molar-refractivity contribution in [3.63, 3.8) is 0 Å². The van der Waals surface area contributed by atoms with Crippen molar-refractivity contribution >= 4 is 6.29 Å². The Kier molecular flexibility index (Phi) is 5.95. The van der Waals surface area contributed by atoms with Gasteiger partial charge in [-0.15, -0.1) is 0 Å². The molecule has 0 saturated carbocycles. The van der Waals surface area contributed by atoms with Crippen LogP contribution in [0.1, 0.15) is 32.3 Å². The topological polar surface area (TPSA) is 23.6 Å². The van der Waals surface area contributed by atoms with Crippen LogP contribution in [0.5, 0.6) is 0 Å². The summed E-state index contributed by atoms with van der Waals surface area (Å²) >= 11 is 0. The van der Waals surface area contributed by atoms with E-state index in [0.29, 0.717) is 0 Å². The largest absolute Gasteiger partial charge is 0.303 e. The van der Waals surface area contributed by atoms with Crippen molar-refractivity contribution < 1.29 is 4.79 Å². The van der Waals surface area contributed by atoms with Gasteiger partial charge in [0.25, 0.3) is 0 Å². The number of aldehydes is 1. The minimum absolute atomic E-state index is 0.257. The van der Waals surface area contributed by atoms with E-state index < -0.39 is 0 Å². The molecule has 0 unspecified atom stereocenters. The molecule has 1 heterocycles. The Morgan fingerprint density at radius 1 is 1.14 bits per heavy atom. The van der Waals surface area contributed by atoms with Crippen LogP contribution in [0.25, 0.3) is 0 Å².